The number of aliphatic carboxylic acids is 1. The van der Waals surface area contributed by atoms with E-state index in [0.717, 1.165) is 6.92 Å². The number of primary amides is 1. The molecule has 1 heterocycles. The van der Waals surface area contributed by atoms with Crippen molar-refractivity contribution in [2.24, 2.45) is 17.4 Å². The summed E-state index contributed by atoms with van der Waals surface area (Å²) in [5.41, 5.74) is 11.6. The lowest BCUT2D eigenvalue weighted by Gasteiger charge is -2.28. The molecule has 25 nitrogen and oxygen atoms in total. The van der Waals surface area contributed by atoms with Gasteiger partial charge < -0.3 is 79.2 Å². The third-order valence-electron chi connectivity index (χ3n) is 9.09. The fourth-order valence-electron chi connectivity index (χ4n) is 5.71. The zero-order valence-electron chi connectivity index (χ0n) is 35.0. The second-order valence-electron chi connectivity index (χ2n) is 15.0. The molecule has 2 aromatic rings. The smallest absolute Gasteiger partial charge is 0.326 e. The lowest BCUT2D eigenvalue weighted by atomic mass is 10.0. The van der Waals surface area contributed by atoms with Gasteiger partial charge in [0.1, 0.15) is 48.0 Å². The Labute approximate surface area is 360 Å². The molecule has 0 fully saturated rings. The van der Waals surface area contributed by atoms with Crippen molar-refractivity contribution in [2.75, 3.05) is 13.2 Å². The van der Waals surface area contributed by atoms with Crippen LogP contribution in [0.5, 0.6) is 5.75 Å². The molecular formula is C38H57N11O14. The minimum Gasteiger partial charge on any atom is -0.508 e. The summed E-state index contributed by atoms with van der Waals surface area (Å²) in [7, 11) is 0. The van der Waals surface area contributed by atoms with Crippen molar-refractivity contribution in [3.05, 3.63) is 48.0 Å². The normalized spacial score (nSPS) is 15.4. The highest BCUT2D eigenvalue weighted by Crippen LogP contribution is 2.13. The number of imidazole rings is 1. The van der Waals surface area contributed by atoms with Gasteiger partial charge in [0.25, 0.3) is 0 Å². The molecule has 63 heavy (non-hydrogen) atoms. The van der Waals surface area contributed by atoms with Gasteiger partial charge in [0, 0.05) is 24.7 Å². The lowest BCUT2D eigenvalue weighted by Crippen LogP contribution is -2.63. The van der Waals surface area contributed by atoms with Gasteiger partial charge in [-0.2, -0.15) is 0 Å². The van der Waals surface area contributed by atoms with Crippen LogP contribution in [0.15, 0.2) is 36.8 Å². The number of phenols is 1. The van der Waals surface area contributed by atoms with Crippen LogP contribution in [0.25, 0.3) is 0 Å². The van der Waals surface area contributed by atoms with Gasteiger partial charge in [0.05, 0.1) is 38.1 Å². The summed E-state index contributed by atoms with van der Waals surface area (Å²) in [4.78, 5) is 123. The predicted molar refractivity (Wildman–Crippen MR) is 218 cm³/mol. The van der Waals surface area contributed by atoms with Crippen molar-refractivity contribution in [3.63, 3.8) is 0 Å². The number of H-pyrrole nitrogens is 1. The molecule has 348 valence electrons. The lowest BCUT2D eigenvalue weighted by molar-refractivity contribution is -0.143. The summed E-state index contributed by atoms with van der Waals surface area (Å²) in [5, 5.41) is 65.6. The van der Waals surface area contributed by atoms with E-state index in [1.807, 2.05) is 0 Å². The minimum atomic E-state index is -1.94. The average Bonchev–Trinajstić information content (AvgIpc) is 3.72. The van der Waals surface area contributed by atoms with Gasteiger partial charge in [-0.05, 0) is 43.9 Å². The Morgan fingerprint density at radius 2 is 1.11 bits per heavy atom. The van der Waals surface area contributed by atoms with Gasteiger partial charge in [0.2, 0.25) is 47.3 Å². The number of aliphatic hydroxyl groups excluding tert-OH is 3. The number of benzene rings is 1. The maximum atomic E-state index is 13.6. The maximum absolute atomic E-state index is 13.6. The highest BCUT2D eigenvalue weighted by atomic mass is 16.4. The third kappa shape index (κ3) is 17.7. The van der Waals surface area contributed by atoms with Crippen LogP contribution in [0.1, 0.15) is 51.8 Å². The highest BCUT2D eigenvalue weighted by Gasteiger charge is 2.36. The number of amides is 8. The maximum Gasteiger partial charge on any atom is 0.326 e. The van der Waals surface area contributed by atoms with E-state index >= 15 is 0 Å². The monoisotopic (exact) mass is 891 g/mol. The first kappa shape index (κ1) is 52.4. The van der Waals surface area contributed by atoms with Gasteiger partial charge in [-0.15, -0.1) is 0 Å². The van der Waals surface area contributed by atoms with Crippen LogP contribution in [0.2, 0.25) is 0 Å². The van der Waals surface area contributed by atoms with E-state index in [9.17, 15) is 68.7 Å². The molecule has 17 N–H and O–H groups in total. The first-order valence-corrected chi connectivity index (χ1v) is 19.6. The van der Waals surface area contributed by atoms with Crippen LogP contribution >= 0.6 is 0 Å². The number of carbonyl (C=O) groups excluding carboxylic acids is 8. The second-order valence-corrected chi connectivity index (χ2v) is 15.0. The number of phenolic OH excluding ortho intramolecular Hbond substituents is 1. The number of aromatic nitrogens is 2. The number of aliphatic hydroxyl groups is 3. The average molecular weight is 892 g/mol. The highest BCUT2D eigenvalue weighted by molar-refractivity contribution is 5.99. The quantitative estimate of drug-likeness (QED) is 0.0418. The molecule has 0 saturated carbocycles. The van der Waals surface area contributed by atoms with Crippen LogP contribution < -0.4 is 48.7 Å². The first-order valence-electron chi connectivity index (χ1n) is 19.6. The van der Waals surface area contributed by atoms with Crippen LogP contribution in [0.3, 0.4) is 0 Å². The van der Waals surface area contributed by atoms with E-state index in [1.165, 1.54) is 43.7 Å². The molecule has 0 spiro atoms. The van der Waals surface area contributed by atoms with Crippen molar-refractivity contribution in [1.82, 2.24) is 47.2 Å². The molecule has 0 radical (unpaired) electrons. The number of carboxylic acids is 1. The molecule has 0 aliphatic carbocycles. The van der Waals surface area contributed by atoms with Crippen LogP contribution in [0.4, 0.5) is 0 Å². The van der Waals surface area contributed by atoms with Gasteiger partial charge in [-0.25, -0.2) is 9.78 Å². The van der Waals surface area contributed by atoms with Gasteiger partial charge in [-0.1, -0.05) is 26.0 Å². The summed E-state index contributed by atoms with van der Waals surface area (Å²) in [5.74, 6) is -10.3. The van der Waals surface area contributed by atoms with Crippen molar-refractivity contribution in [3.8, 4) is 5.75 Å². The number of hydrogen-bond donors (Lipinski definition) is 15. The van der Waals surface area contributed by atoms with Gasteiger partial charge >= 0.3 is 5.97 Å². The molecule has 0 aliphatic heterocycles. The molecule has 8 amide bonds. The number of carbonyl (C=O) groups is 9. The Morgan fingerprint density at radius 3 is 1.57 bits per heavy atom. The molecule has 0 aliphatic rings. The van der Waals surface area contributed by atoms with Crippen LogP contribution in [-0.4, -0.2) is 156 Å². The molecule has 0 bridgehead atoms. The third-order valence-corrected chi connectivity index (χ3v) is 9.09. The number of nitrogens with two attached hydrogens (primary N) is 2. The number of hydrogen-bond acceptors (Lipinski definition) is 15. The largest absolute Gasteiger partial charge is 0.508 e. The van der Waals surface area contributed by atoms with E-state index in [4.69, 9.17) is 11.5 Å². The Morgan fingerprint density at radius 1 is 0.651 bits per heavy atom. The fourth-order valence-corrected chi connectivity index (χ4v) is 5.71. The molecule has 2 rings (SSSR count). The van der Waals surface area contributed by atoms with Crippen molar-refractivity contribution in [2.45, 2.75) is 108 Å². The van der Waals surface area contributed by atoms with Crippen LogP contribution in [-0.2, 0) is 56.0 Å². The predicted octanol–water partition coefficient (Wildman–Crippen LogP) is -5.99. The number of nitrogens with one attached hydrogen (secondary N) is 8. The summed E-state index contributed by atoms with van der Waals surface area (Å²) >= 11 is 0. The molecule has 0 saturated heterocycles. The van der Waals surface area contributed by atoms with Crippen molar-refractivity contribution in [1.29, 1.82) is 0 Å². The second kappa shape index (κ2) is 25.3. The number of nitrogens with zero attached hydrogens (tertiary/aromatic N) is 1. The Kier molecular flexibility index (Phi) is 21.0. The van der Waals surface area contributed by atoms with Crippen molar-refractivity contribution >= 4 is 53.2 Å². The van der Waals surface area contributed by atoms with Gasteiger partial charge in [-0.3, -0.25) is 38.4 Å². The Hall–Kier alpha value is -6.70. The number of aromatic hydroxyl groups is 1. The molecule has 25 heteroatoms. The Bertz CT molecular complexity index is 1890. The molecule has 1 aromatic carbocycles. The van der Waals surface area contributed by atoms with Crippen molar-refractivity contribution < 1.29 is 68.7 Å². The minimum absolute atomic E-state index is 0.0391. The van der Waals surface area contributed by atoms with E-state index in [2.05, 4.69) is 47.2 Å². The van der Waals surface area contributed by atoms with E-state index < -0.39 is 127 Å². The van der Waals surface area contributed by atoms with E-state index in [0.29, 0.717) is 11.3 Å². The number of rotatable bonds is 26. The van der Waals surface area contributed by atoms with Crippen LogP contribution in [0, 0.1) is 5.92 Å². The van der Waals surface area contributed by atoms with E-state index in [-0.39, 0.29) is 30.9 Å². The molecular weight excluding hydrogens is 834 g/mol. The summed E-state index contributed by atoms with van der Waals surface area (Å²) in [6.45, 7) is 3.83. The summed E-state index contributed by atoms with van der Waals surface area (Å²) in [6.07, 6.45) is -0.489. The Balaban J connectivity index is 2.31. The SMILES string of the molecule is CC(C)CC(NC(=O)C(Cc1cnc[nH]1)NC(=O)C(CC(N)=O)NC(=O)C(NC(=O)C(CO)NC(=O)C(Cc1ccc(O)cc1)NC(=O)C(CO)NC(=O)C(C)N)C(C)O)C(=O)O. The molecule has 9 atom stereocenters. The van der Waals surface area contributed by atoms with Gasteiger partial charge in [0.15, 0.2) is 0 Å². The zero-order valence-corrected chi connectivity index (χ0v) is 35.0. The zero-order chi connectivity index (χ0) is 47.6. The molecule has 1 aromatic heterocycles. The summed E-state index contributed by atoms with van der Waals surface area (Å²) < 4.78 is 0. The topological polar surface area (TPSA) is 420 Å². The molecule has 9 unspecified atom stereocenters. The number of carboxylic acid groups (broad SMARTS) is 1. The fraction of sp³-hybridized carbons (Fsp3) is 0.526. The van der Waals surface area contributed by atoms with E-state index in [1.54, 1.807) is 13.8 Å². The summed E-state index contributed by atoms with van der Waals surface area (Å²) in [6, 6.07) is -7.27. The standard InChI is InChI=1S/C38H57N11O14/c1-17(2)9-26(38(62)63)46-33(57)24(11-21-13-41-16-42-21)44-34(58)25(12-29(40)54)45-37(61)30(19(4)52)49-36(60)28(15-51)48-32(56)23(10-20-5-7-22(53)8-6-20)43-35(59)27(14-50)47-31(55)18(3)39/h5-8,13,16-19,23-28,30,50-53H,9-12,14-15,39H2,1-4H3,(H2,40,54)(H,41,42)(H,43,59)(H,44,58)(H,45,61)(H,46,57)(H,47,55)(H,48,56)(H,49,60)(H,62,63). The first-order chi connectivity index (χ1) is 29.6. The number of aromatic amines is 1.